The molecule has 2 aliphatic heterocycles. The number of halogens is 1. The average Bonchev–Trinajstić information content (AvgIpc) is 3.47. The lowest BCUT2D eigenvalue weighted by atomic mass is 10.2. The number of carbonyl (C=O) groups excluding carboxylic acids is 1. The summed E-state index contributed by atoms with van der Waals surface area (Å²) in [5, 5.41) is 12.9. The van der Waals surface area contributed by atoms with E-state index in [4.69, 9.17) is 16.3 Å². The molecule has 1 amide bonds. The first-order valence-corrected chi connectivity index (χ1v) is 11.4. The van der Waals surface area contributed by atoms with Gasteiger partial charge in [-0.25, -0.2) is 0 Å². The molecular weight excluding hydrogens is 410 g/mol. The first-order valence-electron chi connectivity index (χ1n) is 10.1. The molecule has 1 aromatic carbocycles. The van der Waals surface area contributed by atoms with E-state index in [2.05, 4.69) is 20.4 Å². The summed E-state index contributed by atoms with van der Waals surface area (Å²) in [6.45, 7) is 5.15. The number of amides is 1. The summed E-state index contributed by atoms with van der Waals surface area (Å²) >= 11 is 7.64. The van der Waals surface area contributed by atoms with E-state index in [0.717, 1.165) is 57.0 Å². The molecule has 2 unspecified atom stereocenters. The second-order valence-electron chi connectivity index (χ2n) is 7.43. The van der Waals surface area contributed by atoms with Gasteiger partial charge in [-0.2, -0.15) is 0 Å². The summed E-state index contributed by atoms with van der Waals surface area (Å²) in [6.07, 6.45) is 4.49. The van der Waals surface area contributed by atoms with Gasteiger partial charge in [-0.1, -0.05) is 29.4 Å². The summed E-state index contributed by atoms with van der Waals surface area (Å²) in [4.78, 5) is 14.8. The van der Waals surface area contributed by atoms with Gasteiger partial charge in [0.1, 0.15) is 0 Å². The van der Waals surface area contributed by atoms with Crippen molar-refractivity contribution in [3.8, 4) is 5.69 Å². The molecule has 1 N–H and O–H groups in total. The smallest absolute Gasteiger partial charge is 0.233 e. The van der Waals surface area contributed by atoms with Crippen LogP contribution < -0.4 is 10.2 Å². The number of benzene rings is 1. The highest BCUT2D eigenvalue weighted by Crippen LogP contribution is 2.31. The van der Waals surface area contributed by atoms with Crippen LogP contribution in [0.15, 0.2) is 29.4 Å². The lowest BCUT2D eigenvalue weighted by Gasteiger charge is -2.19. The van der Waals surface area contributed by atoms with Crippen molar-refractivity contribution in [1.29, 1.82) is 0 Å². The maximum absolute atomic E-state index is 12.6. The molecule has 2 fully saturated rings. The first-order chi connectivity index (χ1) is 14.1. The quantitative estimate of drug-likeness (QED) is 0.673. The van der Waals surface area contributed by atoms with Crippen molar-refractivity contribution in [2.24, 2.45) is 0 Å². The lowest BCUT2D eigenvalue weighted by Crippen LogP contribution is -2.36. The van der Waals surface area contributed by atoms with Crippen LogP contribution in [-0.4, -0.2) is 58.3 Å². The molecule has 9 heteroatoms. The fourth-order valence-electron chi connectivity index (χ4n) is 3.68. The monoisotopic (exact) mass is 435 g/mol. The van der Waals surface area contributed by atoms with Crippen molar-refractivity contribution in [1.82, 2.24) is 20.1 Å². The van der Waals surface area contributed by atoms with Crippen molar-refractivity contribution < 1.29 is 9.53 Å². The van der Waals surface area contributed by atoms with Crippen LogP contribution >= 0.6 is 23.4 Å². The molecule has 1 aromatic heterocycles. The molecule has 2 atom stereocenters. The summed E-state index contributed by atoms with van der Waals surface area (Å²) in [6, 6.07) is 7.65. The average molecular weight is 436 g/mol. The van der Waals surface area contributed by atoms with E-state index in [9.17, 15) is 4.79 Å². The van der Waals surface area contributed by atoms with Gasteiger partial charge in [-0.3, -0.25) is 9.36 Å². The van der Waals surface area contributed by atoms with Crippen molar-refractivity contribution in [2.45, 2.75) is 49.1 Å². The Hall–Kier alpha value is -1.77. The minimum atomic E-state index is -0.301. The van der Waals surface area contributed by atoms with Gasteiger partial charge in [-0.05, 0) is 50.8 Å². The molecule has 29 heavy (non-hydrogen) atoms. The lowest BCUT2D eigenvalue weighted by molar-refractivity contribution is -0.120. The largest absolute Gasteiger partial charge is 0.376 e. The van der Waals surface area contributed by atoms with Gasteiger partial charge >= 0.3 is 0 Å². The zero-order chi connectivity index (χ0) is 20.2. The number of rotatable bonds is 7. The van der Waals surface area contributed by atoms with Crippen LogP contribution in [0.25, 0.3) is 5.69 Å². The predicted octanol–water partition coefficient (Wildman–Crippen LogP) is 3.30. The Bertz CT molecular complexity index is 849. The van der Waals surface area contributed by atoms with E-state index in [1.54, 1.807) is 0 Å². The van der Waals surface area contributed by atoms with E-state index in [-0.39, 0.29) is 17.3 Å². The second kappa shape index (κ2) is 9.36. The third-order valence-corrected chi connectivity index (χ3v) is 6.53. The summed E-state index contributed by atoms with van der Waals surface area (Å²) < 4.78 is 7.59. The molecular formula is C20H26ClN5O2S. The fourth-order valence-corrected chi connectivity index (χ4v) is 4.75. The van der Waals surface area contributed by atoms with Crippen LogP contribution in [-0.2, 0) is 9.53 Å². The number of nitrogens with zero attached hydrogens (tertiary/aromatic N) is 4. The third kappa shape index (κ3) is 4.87. The van der Waals surface area contributed by atoms with Crippen LogP contribution in [0.4, 0.5) is 5.95 Å². The van der Waals surface area contributed by atoms with Gasteiger partial charge in [0.15, 0.2) is 5.16 Å². The molecule has 0 spiro atoms. The number of hydrogen-bond donors (Lipinski definition) is 1. The topological polar surface area (TPSA) is 72.3 Å². The van der Waals surface area contributed by atoms with Crippen molar-refractivity contribution >= 4 is 35.2 Å². The molecule has 3 heterocycles. The Morgan fingerprint density at radius 2 is 2.17 bits per heavy atom. The van der Waals surface area contributed by atoms with E-state index in [1.165, 1.54) is 11.8 Å². The Balaban J connectivity index is 1.52. The number of nitrogens with one attached hydrogen (secondary N) is 1. The van der Waals surface area contributed by atoms with Gasteiger partial charge < -0.3 is 15.0 Å². The standard InChI is InChI=1S/C20H26ClN5O2S/c1-14(18(27)22-13-17-8-5-11-28-17)29-20-24-23-19(25-9-2-3-10-25)26(20)16-7-4-6-15(21)12-16/h4,6-7,12,14,17H,2-3,5,8-11,13H2,1H3,(H,22,27). The first kappa shape index (κ1) is 20.5. The summed E-state index contributed by atoms with van der Waals surface area (Å²) in [5.41, 5.74) is 0.902. The Labute approximate surface area is 180 Å². The van der Waals surface area contributed by atoms with Crippen molar-refractivity contribution in [3.63, 3.8) is 0 Å². The highest BCUT2D eigenvalue weighted by Gasteiger charge is 2.26. The summed E-state index contributed by atoms with van der Waals surface area (Å²) in [7, 11) is 0. The molecule has 2 saturated heterocycles. The van der Waals surface area contributed by atoms with Gasteiger partial charge in [0.05, 0.1) is 17.0 Å². The van der Waals surface area contributed by atoms with E-state index in [0.29, 0.717) is 16.7 Å². The van der Waals surface area contributed by atoms with Gasteiger partial charge in [0, 0.05) is 31.3 Å². The van der Waals surface area contributed by atoms with Gasteiger partial charge in [0.25, 0.3) is 0 Å². The fraction of sp³-hybridized carbons (Fsp3) is 0.550. The zero-order valence-corrected chi connectivity index (χ0v) is 18.1. The molecule has 2 aromatic rings. The normalized spacial score (nSPS) is 20.2. The highest BCUT2D eigenvalue weighted by atomic mass is 35.5. The van der Waals surface area contributed by atoms with Crippen LogP contribution in [0, 0.1) is 0 Å². The molecule has 0 radical (unpaired) electrons. The molecule has 0 bridgehead atoms. The number of hydrogen-bond acceptors (Lipinski definition) is 6. The van der Waals surface area contributed by atoms with Crippen molar-refractivity contribution in [2.75, 3.05) is 31.1 Å². The maximum Gasteiger partial charge on any atom is 0.233 e. The Morgan fingerprint density at radius 1 is 1.34 bits per heavy atom. The van der Waals surface area contributed by atoms with Crippen LogP contribution in [0.1, 0.15) is 32.6 Å². The second-order valence-corrected chi connectivity index (χ2v) is 9.18. The molecule has 7 nitrogen and oxygen atoms in total. The van der Waals surface area contributed by atoms with Crippen molar-refractivity contribution in [3.05, 3.63) is 29.3 Å². The van der Waals surface area contributed by atoms with E-state index < -0.39 is 0 Å². The zero-order valence-electron chi connectivity index (χ0n) is 16.5. The minimum Gasteiger partial charge on any atom is -0.376 e. The van der Waals surface area contributed by atoms with Gasteiger partial charge in [-0.15, -0.1) is 10.2 Å². The SMILES string of the molecule is CC(Sc1nnc(N2CCCC2)n1-c1cccc(Cl)c1)C(=O)NCC1CCCO1. The third-order valence-electron chi connectivity index (χ3n) is 5.25. The van der Waals surface area contributed by atoms with E-state index in [1.807, 2.05) is 35.8 Å². The van der Waals surface area contributed by atoms with Crippen LogP contribution in [0.2, 0.25) is 5.02 Å². The van der Waals surface area contributed by atoms with E-state index >= 15 is 0 Å². The molecule has 4 rings (SSSR count). The number of thioether (sulfide) groups is 1. The molecule has 0 aliphatic carbocycles. The molecule has 0 saturated carbocycles. The molecule has 2 aliphatic rings. The van der Waals surface area contributed by atoms with Gasteiger partial charge in [0.2, 0.25) is 11.9 Å². The maximum atomic E-state index is 12.6. The number of carbonyl (C=O) groups is 1. The number of ether oxygens (including phenoxy) is 1. The Morgan fingerprint density at radius 3 is 2.90 bits per heavy atom. The van der Waals surface area contributed by atoms with Crippen LogP contribution in [0.5, 0.6) is 0 Å². The minimum absolute atomic E-state index is 0.0196. The highest BCUT2D eigenvalue weighted by molar-refractivity contribution is 8.00. The molecule has 156 valence electrons. The number of aromatic nitrogens is 3. The van der Waals surface area contributed by atoms with Crippen LogP contribution in [0.3, 0.4) is 0 Å². The Kier molecular flexibility index (Phi) is 6.62. The predicted molar refractivity (Wildman–Crippen MR) is 115 cm³/mol. The summed E-state index contributed by atoms with van der Waals surface area (Å²) in [5.74, 6) is 0.785. The number of anilines is 1.